The maximum absolute atomic E-state index is 5.23. The van der Waals surface area contributed by atoms with Crippen LogP contribution in [0.25, 0.3) is 0 Å². The van der Waals surface area contributed by atoms with Crippen molar-refractivity contribution in [2.24, 2.45) is 0 Å². The Morgan fingerprint density at radius 3 is 3.06 bits per heavy atom. The number of nitrogens with one attached hydrogen (secondary N) is 1. The lowest BCUT2D eigenvalue weighted by atomic mass is 10.2. The van der Waals surface area contributed by atoms with E-state index in [9.17, 15) is 0 Å². The SMILES string of the molecule is CCCNc1nccn1Cc1cccc(OC)c1. The van der Waals surface area contributed by atoms with E-state index in [0.717, 1.165) is 31.2 Å². The van der Waals surface area contributed by atoms with Crippen molar-refractivity contribution in [2.75, 3.05) is 19.0 Å². The summed E-state index contributed by atoms with van der Waals surface area (Å²) >= 11 is 0. The zero-order valence-corrected chi connectivity index (χ0v) is 10.9. The predicted molar refractivity (Wildman–Crippen MR) is 73.1 cm³/mol. The fraction of sp³-hybridized carbons (Fsp3) is 0.357. The number of imidazole rings is 1. The molecule has 96 valence electrons. The molecular weight excluding hydrogens is 226 g/mol. The van der Waals surface area contributed by atoms with Crippen LogP contribution in [-0.4, -0.2) is 23.2 Å². The van der Waals surface area contributed by atoms with Crippen molar-refractivity contribution in [1.29, 1.82) is 0 Å². The number of ether oxygens (including phenoxy) is 1. The molecule has 0 amide bonds. The maximum Gasteiger partial charge on any atom is 0.203 e. The zero-order chi connectivity index (χ0) is 12.8. The van der Waals surface area contributed by atoms with E-state index in [4.69, 9.17) is 4.74 Å². The number of hydrogen-bond donors (Lipinski definition) is 1. The third-order valence-electron chi connectivity index (χ3n) is 2.74. The van der Waals surface area contributed by atoms with Crippen LogP contribution in [0.5, 0.6) is 5.75 Å². The quantitative estimate of drug-likeness (QED) is 0.850. The summed E-state index contributed by atoms with van der Waals surface area (Å²) in [5, 5.41) is 3.31. The number of nitrogens with zero attached hydrogens (tertiary/aromatic N) is 2. The van der Waals surface area contributed by atoms with Crippen molar-refractivity contribution in [3.05, 3.63) is 42.2 Å². The van der Waals surface area contributed by atoms with Crippen LogP contribution in [0, 0.1) is 0 Å². The van der Waals surface area contributed by atoms with E-state index in [1.807, 2.05) is 30.6 Å². The number of methoxy groups -OCH3 is 1. The summed E-state index contributed by atoms with van der Waals surface area (Å²) in [5.41, 5.74) is 1.20. The van der Waals surface area contributed by atoms with Gasteiger partial charge in [0.25, 0.3) is 0 Å². The van der Waals surface area contributed by atoms with Crippen LogP contribution in [0.4, 0.5) is 5.95 Å². The average Bonchev–Trinajstić information content (AvgIpc) is 2.84. The molecule has 0 spiro atoms. The molecule has 0 saturated carbocycles. The predicted octanol–water partition coefficient (Wildman–Crippen LogP) is 2.76. The van der Waals surface area contributed by atoms with Gasteiger partial charge in [-0.15, -0.1) is 0 Å². The van der Waals surface area contributed by atoms with Gasteiger partial charge in [0.05, 0.1) is 13.7 Å². The Bertz CT molecular complexity index is 493. The van der Waals surface area contributed by atoms with Crippen molar-refractivity contribution in [3.63, 3.8) is 0 Å². The maximum atomic E-state index is 5.23. The minimum atomic E-state index is 0.795. The van der Waals surface area contributed by atoms with Crippen LogP contribution in [0.15, 0.2) is 36.7 Å². The molecule has 4 heteroatoms. The second-order valence-corrected chi connectivity index (χ2v) is 4.16. The normalized spacial score (nSPS) is 10.3. The lowest BCUT2D eigenvalue weighted by Gasteiger charge is -2.10. The van der Waals surface area contributed by atoms with Crippen molar-refractivity contribution >= 4 is 5.95 Å². The Labute approximate surface area is 108 Å². The third-order valence-corrected chi connectivity index (χ3v) is 2.74. The second-order valence-electron chi connectivity index (χ2n) is 4.16. The van der Waals surface area contributed by atoms with Gasteiger partial charge in [0.2, 0.25) is 5.95 Å². The molecule has 0 aliphatic heterocycles. The van der Waals surface area contributed by atoms with Gasteiger partial charge in [0.1, 0.15) is 5.75 Å². The van der Waals surface area contributed by atoms with Gasteiger partial charge in [-0.2, -0.15) is 0 Å². The fourth-order valence-corrected chi connectivity index (χ4v) is 1.81. The van der Waals surface area contributed by atoms with Gasteiger partial charge in [0, 0.05) is 18.9 Å². The molecule has 2 rings (SSSR count). The van der Waals surface area contributed by atoms with E-state index < -0.39 is 0 Å². The molecule has 2 aromatic rings. The van der Waals surface area contributed by atoms with Crippen molar-refractivity contribution < 1.29 is 4.74 Å². The molecule has 0 atom stereocenters. The van der Waals surface area contributed by atoms with Crippen LogP contribution in [-0.2, 0) is 6.54 Å². The fourth-order valence-electron chi connectivity index (χ4n) is 1.81. The Morgan fingerprint density at radius 1 is 1.39 bits per heavy atom. The first-order valence-electron chi connectivity index (χ1n) is 6.21. The average molecular weight is 245 g/mol. The first-order chi connectivity index (χ1) is 8.83. The zero-order valence-electron chi connectivity index (χ0n) is 10.9. The smallest absolute Gasteiger partial charge is 0.203 e. The standard InChI is InChI=1S/C14H19N3O/c1-3-7-15-14-16-8-9-17(14)11-12-5-4-6-13(10-12)18-2/h4-6,8-10H,3,7,11H2,1-2H3,(H,15,16). The van der Waals surface area contributed by atoms with E-state index in [1.165, 1.54) is 5.56 Å². The lowest BCUT2D eigenvalue weighted by Crippen LogP contribution is -2.08. The van der Waals surface area contributed by atoms with Crippen LogP contribution < -0.4 is 10.1 Å². The van der Waals surface area contributed by atoms with Gasteiger partial charge in [-0.25, -0.2) is 4.98 Å². The highest BCUT2D eigenvalue weighted by atomic mass is 16.5. The molecule has 1 aromatic heterocycles. The van der Waals surface area contributed by atoms with Gasteiger partial charge in [0.15, 0.2) is 0 Å². The third kappa shape index (κ3) is 3.03. The molecule has 0 radical (unpaired) electrons. The highest BCUT2D eigenvalue weighted by Gasteiger charge is 2.03. The Balaban J connectivity index is 2.10. The molecule has 4 nitrogen and oxygen atoms in total. The number of rotatable bonds is 6. The number of benzene rings is 1. The summed E-state index contributed by atoms with van der Waals surface area (Å²) in [6.45, 7) is 3.88. The molecule has 0 unspecified atom stereocenters. The Kier molecular flexibility index (Phi) is 4.23. The molecule has 0 fully saturated rings. The van der Waals surface area contributed by atoms with E-state index in [-0.39, 0.29) is 0 Å². The van der Waals surface area contributed by atoms with Crippen LogP contribution in [0.1, 0.15) is 18.9 Å². The van der Waals surface area contributed by atoms with Gasteiger partial charge in [-0.3, -0.25) is 0 Å². The number of aromatic nitrogens is 2. The summed E-state index contributed by atoms with van der Waals surface area (Å²) in [6, 6.07) is 8.09. The minimum absolute atomic E-state index is 0.795. The minimum Gasteiger partial charge on any atom is -0.497 e. The van der Waals surface area contributed by atoms with Gasteiger partial charge >= 0.3 is 0 Å². The Hall–Kier alpha value is -1.97. The van der Waals surface area contributed by atoms with Crippen LogP contribution >= 0.6 is 0 Å². The molecule has 0 aliphatic rings. The van der Waals surface area contributed by atoms with E-state index >= 15 is 0 Å². The molecule has 0 aliphatic carbocycles. The van der Waals surface area contributed by atoms with Crippen LogP contribution in [0.2, 0.25) is 0 Å². The summed E-state index contributed by atoms with van der Waals surface area (Å²) in [4.78, 5) is 4.31. The largest absolute Gasteiger partial charge is 0.497 e. The van der Waals surface area contributed by atoms with E-state index in [1.54, 1.807) is 7.11 Å². The number of hydrogen-bond acceptors (Lipinski definition) is 3. The molecule has 1 aromatic carbocycles. The lowest BCUT2D eigenvalue weighted by molar-refractivity contribution is 0.414. The molecular formula is C14H19N3O. The first-order valence-corrected chi connectivity index (χ1v) is 6.21. The van der Waals surface area contributed by atoms with Gasteiger partial charge in [-0.05, 0) is 24.1 Å². The van der Waals surface area contributed by atoms with Crippen molar-refractivity contribution in [2.45, 2.75) is 19.9 Å². The molecule has 1 N–H and O–H groups in total. The van der Waals surface area contributed by atoms with Crippen molar-refractivity contribution in [1.82, 2.24) is 9.55 Å². The number of anilines is 1. The molecule has 0 saturated heterocycles. The highest BCUT2D eigenvalue weighted by Crippen LogP contribution is 2.15. The molecule has 18 heavy (non-hydrogen) atoms. The highest BCUT2D eigenvalue weighted by molar-refractivity contribution is 5.31. The molecule has 1 heterocycles. The van der Waals surface area contributed by atoms with E-state index in [0.29, 0.717) is 0 Å². The van der Waals surface area contributed by atoms with Gasteiger partial charge < -0.3 is 14.6 Å². The summed E-state index contributed by atoms with van der Waals surface area (Å²) in [5.74, 6) is 1.80. The monoisotopic (exact) mass is 245 g/mol. The summed E-state index contributed by atoms with van der Waals surface area (Å²) < 4.78 is 7.33. The second kappa shape index (κ2) is 6.10. The van der Waals surface area contributed by atoms with E-state index in [2.05, 4.69) is 27.9 Å². The summed E-state index contributed by atoms with van der Waals surface area (Å²) in [6.07, 6.45) is 4.89. The topological polar surface area (TPSA) is 39.1 Å². The van der Waals surface area contributed by atoms with Gasteiger partial charge in [-0.1, -0.05) is 19.1 Å². The first kappa shape index (κ1) is 12.5. The van der Waals surface area contributed by atoms with Crippen molar-refractivity contribution in [3.8, 4) is 5.75 Å². The Morgan fingerprint density at radius 2 is 2.28 bits per heavy atom. The molecule has 0 bridgehead atoms. The van der Waals surface area contributed by atoms with Crippen LogP contribution in [0.3, 0.4) is 0 Å². The summed E-state index contributed by atoms with van der Waals surface area (Å²) in [7, 11) is 1.69.